The van der Waals surface area contributed by atoms with E-state index in [2.05, 4.69) is 11.4 Å². The molecule has 2 heterocycles. The first kappa shape index (κ1) is 10.4. The highest BCUT2D eigenvalue weighted by molar-refractivity contribution is 5.62. The predicted molar refractivity (Wildman–Crippen MR) is 64.9 cm³/mol. The van der Waals surface area contributed by atoms with Gasteiger partial charge in [0.1, 0.15) is 11.9 Å². The Morgan fingerprint density at radius 2 is 2.24 bits per heavy atom. The minimum absolute atomic E-state index is 0.297. The van der Waals surface area contributed by atoms with Crippen LogP contribution in [0.2, 0.25) is 0 Å². The number of benzene rings is 1. The molecule has 1 aliphatic rings. The molecule has 1 unspecified atom stereocenters. The lowest BCUT2D eigenvalue weighted by Gasteiger charge is -2.12. The van der Waals surface area contributed by atoms with Gasteiger partial charge in [-0.2, -0.15) is 0 Å². The van der Waals surface area contributed by atoms with Crippen LogP contribution in [0.3, 0.4) is 0 Å². The quantitative estimate of drug-likeness (QED) is 0.874. The predicted octanol–water partition coefficient (Wildman–Crippen LogP) is 3.50. The van der Waals surface area contributed by atoms with Gasteiger partial charge < -0.3 is 9.73 Å². The Balaban J connectivity index is 1.86. The van der Waals surface area contributed by atoms with Crippen LogP contribution in [-0.2, 0) is 12.8 Å². The molecule has 2 nitrogen and oxygen atoms in total. The van der Waals surface area contributed by atoms with Crippen molar-refractivity contribution in [1.29, 1.82) is 0 Å². The maximum Gasteiger partial charge on any atom is 0.134 e. The van der Waals surface area contributed by atoms with Crippen LogP contribution in [0.4, 0.5) is 10.1 Å². The van der Waals surface area contributed by atoms with Crippen molar-refractivity contribution in [2.24, 2.45) is 0 Å². The Morgan fingerprint density at radius 1 is 1.29 bits per heavy atom. The van der Waals surface area contributed by atoms with Gasteiger partial charge in [-0.3, -0.25) is 0 Å². The third-order valence-electron chi connectivity index (χ3n) is 3.18. The molecule has 0 amide bonds. The van der Waals surface area contributed by atoms with E-state index in [0.29, 0.717) is 12.2 Å². The van der Waals surface area contributed by atoms with Gasteiger partial charge in [0.25, 0.3) is 0 Å². The number of anilines is 1. The van der Waals surface area contributed by atoms with E-state index in [0.717, 1.165) is 24.2 Å². The molecule has 0 radical (unpaired) electrons. The molecule has 0 fully saturated rings. The van der Waals surface area contributed by atoms with Crippen LogP contribution >= 0.6 is 0 Å². The maximum atomic E-state index is 14.3. The van der Waals surface area contributed by atoms with Gasteiger partial charge in [0.2, 0.25) is 0 Å². The molecule has 1 N–H and O–H groups in total. The Morgan fingerprint density at radius 3 is 3.06 bits per heavy atom. The Hall–Kier alpha value is -1.77. The zero-order valence-corrected chi connectivity index (χ0v) is 9.45. The first-order chi connectivity index (χ1) is 8.34. The topological polar surface area (TPSA) is 25.2 Å². The van der Waals surface area contributed by atoms with Crippen LogP contribution in [0.1, 0.15) is 23.1 Å². The molecule has 88 valence electrons. The average Bonchev–Trinajstić information content (AvgIpc) is 2.97. The van der Waals surface area contributed by atoms with Crippen LogP contribution in [0.5, 0.6) is 0 Å². The smallest absolute Gasteiger partial charge is 0.134 e. The molecule has 3 rings (SSSR count). The van der Waals surface area contributed by atoms with E-state index in [1.165, 1.54) is 5.56 Å². The molecule has 1 atom stereocenters. The summed E-state index contributed by atoms with van der Waals surface area (Å²) in [5.41, 5.74) is 2.94. The van der Waals surface area contributed by atoms with Gasteiger partial charge in [0, 0.05) is 24.2 Å². The molecular weight excluding hydrogens is 217 g/mol. The molecule has 0 saturated carbocycles. The van der Waals surface area contributed by atoms with Crippen molar-refractivity contribution >= 4 is 5.69 Å². The minimum atomic E-state index is -1.01. The number of alkyl halides is 1. The fraction of sp³-hybridized carbons (Fsp3) is 0.286. The summed E-state index contributed by atoms with van der Waals surface area (Å²) in [7, 11) is 0. The lowest BCUT2D eigenvalue weighted by molar-refractivity contribution is 0.320. The largest absolute Gasteiger partial charge is 0.469 e. The van der Waals surface area contributed by atoms with Gasteiger partial charge in [0.05, 0.1) is 6.26 Å². The Kier molecular flexibility index (Phi) is 2.59. The van der Waals surface area contributed by atoms with Crippen LogP contribution in [0, 0.1) is 0 Å². The second kappa shape index (κ2) is 4.24. The summed E-state index contributed by atoms with van der Waals surface area (Å²) in [6, 6.07) is 9.43. The molecular formula is C14H14FNO. The van der Waals surface area contributed by atoms with E-state index in [1.54, 1.807) is 12.3 Å². The summed E-state index contributed by atoms with van der Waals surface area (Å²) in [5, 5.41) is 3.26. The van der Waals surface area contributed by atoms with Crippen molar-refractivity contribution < 1.29 is 8.81 Å². The molecule has 0 aliphatic carbocycles. The van der Waals surface area contributed by atoms with Gasteiger partial charge >= 0.3 is 0 Å². The highest BCUT2D eigenvalue weighted by atomic mass is 19.1. The number of halogens is 1. The van der Waals surface area contributed by atoms with Gasteiger partial charge in [-0.15, -0.1) is 0 Å². The Labute approximate surface area is 99.5 Å². The van der Waals surface area contributed by atoms with Gasteiger partial charge in [-0.05, 0) is 24.1 Å². The standard InChI is InChI=1S/C14H14FNO/c15-13(9-11-4-2-8-17-11)12-5-1-3-10-6-7-16-14(10)12/h1-5,8,13,16H,6-7,9H2. The van der Waals surface area contributed by atoms with Crippen LogP contribution in [-0.4, -0.2) is 6.54 Å². The van der Waals surface area contributed by atoms with Gasteiger partial charge in [0.15, 0.2) is 0 Å². The first-order valence-electron chi connectivity index (χ1n) is 5.86. The minimum Gasteiger partial charge on any atom is -0.469 e. The van der Waals surface area contributed by atoms with Crippen molar-refractivity contribution in [2.75, 3.05) is 11.9 Å². The number of rotatable bonds is 3. The third-order valence-corrected chi connectivity index (χ3v) is 3.18. The molecule has 1 aliphatic heterocycles. The zero-order chi connectivity index (χ0) is 11.7. The highest BCUT2D eigenvalue weighted by Gasteiger charge is 2.20. The number of hydrogen-bond donors (Lipinski definition) is 1. The summed E-state index contributed by atoms with van der Waals surface area (Å²) < 4.78 is 19.4. The lowest BCUT2D eigenvalue weighted by atomic mass is 10.0. The molecule has 0 bridgehead atoms. The molecule has 3 heteroatoms. The average molecular weight is 231 g/mol. The molecule has 2 aromatic rings. The van der Waals surface area contributed by atoms with E-state index >= 15 is 0 Å². The summed E-state index contributed by atoms with van der Waals surface area (Å²) in [6.07, 6.45) is 1.85. The number of furan rings is 1. The number of hydrogen-bond acceptors (Lipinski definition) is 2. The molecule has 1 aromatic carbocycles. The number of fused-ring (bicyclic) bond motifs is 1. The third kappa shape index (κ3) is 1.93. The van der Waals surface area contributed by atoms with Crippen molar-refractivity contribution in [3.05, 3.63) is 53.5 Å². The van der Waals surface area contributed by atoms with E-state index < -0.39 is 6.17 Å². The number of nitrogens with one attached hydrogen (secondary N) is 1. The van der Waals surface area contributed by atoms with Gasteiger partial charge in [-0.1, -0.05) is 18.2 Å². The summed E-state index contributed by atoms with van der Waals surface area (Å²) in [5.74, 6) is 0.688. The van der Waals surface area contributed by atoms with Crippen LogP contribution in [0.15, 0.2) is 41.0 Å². The van der Waals surface area contributed by atoms with Crippen molar-refractivity contribution in [3.63, 3.8) is 0 Å². The van der Waals surface area contributed by atoms with Crippen LogP contribution in [0.25, 0.3) is 0 Å². The van der Waals surface area contributed by atoms with Crippen molar-refractivity contribution in [1.82, 2.24) is 0 Å². The molecule has 1 aromatic heterocycles. The summed E-state index contributed by atoms with van der Waals surface area (Å²) in [6.45, 7) is 0.903. The van der Waals surface area contributed by atoms with E-state index in [9.17, 15) is 4.39 Å². The van der Waals surface area contributed by atoms with E-state index in [4.69, 9.17) is 4.42 Å². The Bertz CT molecular complexity index is 507. The highest BCUT2D eigenvalue weighted by Crippen LogP contribution is 2.34. The first-order valence-corrected chi connectivity index (χ1v) is 5.86. The molecule has 0 saturated heterocycles. The van der Waals surface area contributed by atoms with Crippen molar-refractivity contribution in [3.8, 4) is 0 Å². The SMILES string of the molecule is FC(Cc1ccco1)c1cccc2c1NCC2. The normalized spacial score (nSPS) is 15.4. The fourth-order valence-corrected chi connectivity index (χ4v) is 2.34. The fourth-order valence-electron chi connectivity index (χ4n) is 2.34. The van der Waals surface area contributed by atoms with Gasteiger partial charge in [-0.25, -0.2) is 4.39 Å². The molecule has 17 heavy (non-hydrogen) atoms. The van der Waals surface area contributed by atoms with Crippen molar-refractivity contribution in [2.45, 2.75) is 19.0 Å². The lowest BCUT2D eigenvalue weighted by Crippen LogP contribution is -2.01. The second-order valence-corrected chi connectivity index (χ2v) is 4.31. The zero-order valence-electron chi connectivity index (χ0n) is 9.45. The molecule has 0 spiro atoms. The summed E-state index contributed by atoms with van der Waals surface area (Å²) in [4.78, 5) is 0. The maximum absolute atomic E-state index is 14.3. The number of para-hydroxylation sites is 1. The second-order valence-electron chi connectivity index (χ2n) is 4.31. The monoisotopic (exact) mass is 231 g/mol. The van der Waals surface area contributed by atoms with Crippen LogP contribution < -0.4 is 5.32 Å². The van der Waals surface area contributed by atoms with E-state index in [1.807, 2.05) is 18.2 Å². The van der Waals surface area contributed by atoms with E-state index in [-0.39, 0.29) is 0 Å². The summed E-state index contributed by atoms with van der Waals surface area (Å²) >= 11 is 0.